The van der Waals surface area contributed by atoms with Crippen LogP contribution < -0.4 is 20.7 Å². The van der Waals surface area contributed by atoms with Crippen LogP contribution in [0, 0.1) is 0 Å². The highest BCUT2D eigenvalue weighted by molar-refractivity contribution is 5.67. The zero-order valence-electron chi connectivity index (χ0n) is 19.9. The lowest BCUT2D eigenvalue weighted by Crippen LogP contribution is -2.31. The lowest BCUT2D eigenvalue weighted by Gasteiger charge is -2.29. The quantitative estimate of drug-likeness (QED) is 0.409. The van der Waals surface area contributed by atoms with Crippen molar-refractivity contribution in [1.82, 2.24) is 19.9 Å². The summed E-state index contributed by atoms with van der Waals surface area (Å²) in [6, 6.07) is 20.4. The molecular formula is C27H29N7O. The van der Waals surface area contributed by atoms with E-state index in [1.54, 1.807) is 12.4 Å². The fourth-order valence-electron chi connectivity index (χ4n) is 4.16. The van der Waals surface area contributed by atoms with Crippen molar-refractivity contribution >= 4 is 17.6 Å². The summed E-state index contributed by atoms with van der Waals surface area (Å²) in [4.78, 5) is 20.6. The summed E-state index contributed by atoms with van der Waals surface area (Å²) >= 11 is 0. The van der Waals surface area contributed by atoms with E-state index >= 15 is 0 Å². The molecule has 0 radical (unpaired) electrons. The van der Waals surface area contributed by atoms with Crippen LogP contribution in [-0.4, -0.2) is 39.1 Å². The van der Waals surface area contributed by atoms with Crippen LogP contribution in [0.3, 0.4) is 0 Å². The van der Waals surface area contributed by atoms with Gasteiger partial charge in [-0.3, -0.25) is 0 Å². The first kappa shape index (κ1) is 22.7. The average molecular weight is 468 g/mol. The summed E-state index contributed by atoms with van der Waals surface area (Å²) in [6.45, 7) is 5.28. The van der Waals surface area contributed by atoms with Gasteiger partial charge in [0.1, 0.15) is 12.4 Å². The predicted octanol–water partition coefficient (Wildman–Crippen LogP) is 4.53. The second-order valence-electron chi connectivity index (χ2n) is 8.77. The molecule has 2 atom stereocenters. The van der Waals surface area contributed by atoms with Crippen LogP contribution in [0.15, 0.2) is 73.1 Å². The number of hydrogen-bond donors (Lipinski definition) is 2. The summed E-state index contributed by atoms with van der Waals surface area (Å²) in [5.41, 5.74) is 9.35. The Hall–Kier alpha value is -4.04. The van der Waals surface area contributed by atoms with Gasteiger partial charge in [0.05, 0.1) is 12.7 Å². The zero-order valence-corrected chi connectivity index (χ0v) is 19.9. The summed E-state index contributed by atoms with van der Waals surface area (Å²) in [5.74, 6) is 3.33. The second kappa shape index (κ2) is 10.1. The second-order valence-corrected chi connectivity index (χ2v) is 8.77. The van der Waals surface area contributed by atoms with Crippen LogP contribution in [-0.2, 0) is 6.42 Å². The Morgan fingerprint density at radius 2 is 1.89 bits per heavy atom. The first-order valence-electron chi connectivity index (χ1n) is 11.8. The van der Waals surface area contributed by atoms with Crippen molar-refractivity contribution < 1.29 is 4.74 Å². The molecule has 35 heavy (non-hydrogen) atoms. The van der Waals surface area contributed by atoms with Gasteiger partial charge in [-0.2, -0.15) is 4.98 Å². The summed E-state index contributed by atoms with van der Waals surface area (Å²) in [6.07, 6.45) is 4.33. The van der Waals surface area contributed by atoms with Crippen LogP contribution in [0.2, 0.25) is 0 Å². The standard InChI is InChI=1S/C27H29N7O/c1-18(15-20-7-6-10-22(16-20)19(2)28)31-27-29-12-11-24(32-27)34-13-14-35-23-17-30-25(33-26(23)34)21-8-4-3-5-9-21/h3-12,16-19H,13-15,28H2,1-2H3,(H,29,31,32)/t18-,19+/m0/s1. The fraction of sp³-hybridized carbons (Fsp3) is 0.259. The van der Waals surface area contributed by atoms with Crippen molar-refractivity contribution in [1.29, 1.82) is 0 Å². The molecule has 8 nitrogen and oxygen atoms in total. The van der Waals surface area contributed by atoms with Crippen LogP contribution >= 0.6 is 0 Å². The van der Waals surface area contributed by atoms with Gasteiger partial charge in [-0.25, -0.2) is 15.0 Å². The number of nitrogens with one attached hydrogen (secondary N) is 1. The lowest BCUT2D eigenvalue weighted by molar-refractivity contribution is 0.310. The minimum Gasteiger partial charge on any atom is -0.486 e. The Balaban J connectivity index is 1.35. The van der Waals surface area contributed by atoms with Crippen molar-refractivity contribution in [3.05, 3.63) is 84.2 Å². The maximum Gasteiger partial charge on any atom is 0.224 e. The van der Waals surface area contributed by atoms with Crippen molar-refractivity contribution in [2.45, 2.75) is 32.4 Å². The van der Waals surface area contributed by atoms with Crippen LogP contribution in [0.4, 0.5) is 17.6 Å². The Morgan fingerprint density at radius 3 is 2.71 bits per heavy atom. The molecule has 0 saturated carbocycles. The number of ether oxygens (including phenoxy) is 1. The van der Waals surface area contributed by atoms with Crippen LogP contribution in [0.1, 0.15) is 31.0 Å². The van der Waals surface area contributed by atoms with E-state index in [0.29, 0.717) is 36.5 Å². The molecular weight excluding hydrogens is 438 g/mol. The molecule has 0 saturated heterocycles. The fourth-order valence-corrected chi connectivity index (χ4v) is 4.16. The number of aromatic nitrogens is 4. The molecule has 3 N–H and O–H groups in total. The third kappa shape index (κ3) is 5.22. The van der Waals surface area contributed by atoms with Gasteiger partial charge in [-0.05, 0) is 37.5 Å². The number of benzene rings is 2. The molecule has 2 aromatic heterocycles. The largest absolute Gasteiger partial charge is 0.486 e. The first-order chi connectivity index (χ1) is 17.1. The minimum absolute atomic E-state index is 0.0147. The third-order valence-corrected chi connectivity index (χ3v) is 5.91. The van der Waals surface area contributed by atoms with Gasteiger partial charge in [0.25, 0.3) is 0 Å². The Kier molecular flexibility index (Phi) is 6.54. The highest BCUT2D eigenvalue weighted by Gasteiger charge is 2.24. The molecule has 0 spiro atoms. The zero-order chi connectivity index (χ0) is 24.2. The molecule has 5 rings (SSSR count). The van der Waals surface area contributed by atoms with Gasteiger partial charge in [0.15, 0.2) is 17.4 Å². The topological polar surface area (TPSA) is 102 Å². The normalized spacial score (nSPS) is 14.5. The molecule has 0 amide bonds. The monoisotopic (exact) mass is 467 g/mol. The summed E-state index contributed by atoms with van der Waals surface area (Å²) in [7, 11) is 0. The van der Waals surface area contributed by atoms with Gasteiger partial charge in [0.2, 0.25) is 5.95 Å². The molecule has 0 aliphatic carbocycles. The molecule has 0 unspecified atom stereocenters. The number of nitrogens with two attached hydrogens (primary N) is 1. The molecule has 1 aliphatic heterocycles. The van der Waals surface area contributed by atoms with Gasteiger partial charge < -0.3 is 20.7 Å². The van der Waals surface area contributed by atoms with E-state index in [9.17, 15) is 0 Å². The summed E-state index contributed by atoms with van der Waals surface area (Å²) < 4.78 is 5.82. The molecule has 0 fully saturated rings. The molecule has 3 heterocycles. The predicted molar refractivity (Wildman–Crippen MR) is 138 cm³/mol. The van der Waals surface area contributed by atoms with E-state index in [1.165, 1.54) is 5.56 Å². The lowest BCUT2D eigenvalue weighted by atomic mass is 10.0. The van der Waals surface area contributed by atoms with E-state index in [4.69, 9.17) is 20.4 Å². The third-order valence-electron chi connectivity index (χ3n) is 5.91. The SMILES string of the molecule is C[C@@H](Cc1cccc([C@@H](C)N)c1)Nc1nccc(N2CCOc3cnc(-c4ccccc4)nc32)n1. The first-order valence-corrected chi connectivity index (χ1v) is 11.8. The van der Waals surface area contributed by atoms with Crippen LogP contribution in [0.5, 0.6) is 5.75 Å². The summed E-state index contributed by atoms with van der Waals surface area (Å²) in [5, 5.41) is 3.44. The highest BCUT2D eigenvalue weighted by Crippen LogP contribution is 2.35. The molecule has 8 heteroatoms. The highest BCUT2D eigenvalue weighted by atomic mass is 16.5. The molecule has 2 aromatic carbocycles. The van der Waals surface area contributed by atoms with E-state index in [1.807, 2.05) is 43.3 Å². The number of hydrogen-bond acceptors (Lipinski definition) is 8. The van der Waals surface area contributed by atoms with E-state index in [0.717, 1.165) is 23.4 Å². The van der Waals surface area contributed by atoms with Gasteiger partial charge in [-0.15, -0.1) is 0 Å². The van der Waals surface area contributed by atoms with Crippen molar-refractivity contribution in [2.24, 2.45) is 5.73 Å². The smallest absolute Gasteiger partial charge is 0.224 e. The molecule has 0 bridgehead atoms. The Labute approximate surface area is 205 Å². The molecule has 4 aromatic rings. The molecule has 178 valence electrons. The minimum atomic E-state index is 0.0147. The Bertz CT molecular complexity index is 1300. The molecule has 1 aliphatic rings. The van der Waals surface area contributed by atoms with Crippen molar-refractivity contribution in [3.8, 4) is 17.1 Å². The maximum atomic E-state index is 6.04. The number of nitrogens with zero attached hydrogens (tertiary/aromatic N) is 5. The van der Waals surface area contributed by atoms with E-state index < -0.39 is 0 Å². The maximum absolute atomic E-state index is 6.04. The van der Waals surface area contributed by atoms with E-state index in [2.05, 4.69) is 51.4 Å². The van der Waals surface area contributed by atoms with E-state index in [-0.39, 0.29) is 12.1 Å². The number of fused-ring (bicyclic) bond motifs is 1. The average Bonchev–Trinajstić information content (AvgIpc) is 2.89. The number of rotatable bonds is 7. The Morgan fingerprint density at radius 1 is 1.03 bits per heavy atom. The van der Waals surface area contributed by atoms with Crippen LogP contribution in [0.25, 0.3) is 11.4 Å². The number of anilines is 3. The van der Waals surface area contributed by atoms with Gasteiger partial charge in [0, 0.05) is 23.8 Å². The van der Waals surface area contributed by atoms with Gasteiger partial charge in [-0.1, -0.05) is 54.6 Å². The van der Waals surface area contributed by atoms with Gasteiger partial charge >= 0.3 is 0 Å². The van der Waals surface area contributed by atoms with Crippen molar-refractivity contribution in [2.75, 3.05) is 23.4 Å². The van der Waals surface area contributed by atoms with Crippen molar-refractivity contribution in [3.63, 3.8) is 0 Å².